The first kappa shape index (κ1) is 25.5. The van der Waals surface area contributed by atoms with E-state index in [-0.39, 0.29) is 11.5 Å². The predicted octanol–water partition coefficient (Wildman–Crippen LogP) is 3.38. The Bertz CT molecular complexity index is 1570. The maximum atomic E-state index is 13.3. The highest BCUT2D eigenvalue weighted by molar-refractivity contribution is 6.02. The second-order valence-corrected chi connectivity index (χ2v) is 9.97. The fraction of sp³-hybridized carbons (Fsp3) is 0.310. The number of aryl methyl sites for hydroxylation is 1. The first-order chi connectivity index (χ1) is 19.5. The van der Waals surface area contributed by atoms with E-state index in [0.29, 0.717) is 43.4 Å². The molecule has 40 heavy (non-hydrogen) atoms. The van der Waals surface area contributed by atoms with Crippen LogP contribution in [-0.2, 0) is 17.8 Å². The number of anilines is 3. The first-order valence-corrected chi connectivity index (χ1v) is 13.3. The first-order valence-electron chi connectivity index (χ1n) is 13.3. The molecular formula is C29H31N7O4. The third kappa shape index (κ3) is 4.97. The molecule has 2 aliphatic heterocycles. The number of carbonyl (C=O) groups is 2. The van der Waals surface area contributed by atoms with Crippen LogP contribution < -0.4 is 25.4 Å². The second-order valence-electron chi connectivity index (χ2n) is 9.97. The van der Waals surface area contributed by atoms with E-state index in [9.17, 15) is 9.59 Å². The summed E-state index contributed by atoms with van der Waals surface area (Å²) in [7, 11) is 3.37. The van der Waals surface area contributed by atoms with Crippen molar-refractivity contribution in [3.8, 4) is 11.5 Å². The van der Waals surface area contributed by atoms with Crippen LogP contribution in [0.1, 0.15) is 34.3 Å². The number of likely N-dealkylation sites (N-methyl/N-ethyl adjacent to an activating group) is 1. The zero-order valence-electron chi connectivity index (χ0n) is 22.4. The Kier molecular flexibility index (Phi) is 6.85. The molecular weight excluding hydrogens is 510 g/mol. The van der Waals surface area contributed by atoms with Gasteiger partial charge in [0.1, 0.15) is 34.7 Å². The van der Waals surface area contributed by atoms with E-state index in [1.165, 1.54) is 6.20 Å². The van der Waals surface area contributed by atoms with Gasteiger partial charge in [-0.2, -0.15) is 9.61 Å². The molecule has 11 heteroatoms. The van der Waals surface area contributed by atoms with Crippen LogP contribution in [-0.4, -0.2) is 64.7 Å². The van der Waals surface area contributed by atoms with E-state index in [1.807, 2.05) is 42.5 Å². The van der Waals surface area contributed by atoms with E-state index in [1.54, 1.807) is 23.6 Å². The van der Waals surface area contributed by atoms with E-state index in [4.69, 9.17) is 14.5 Å². The number of methoxy groups -OCH3 is 1. The molecule has 6 rings (SSSR count). The smallest absolute Gasteiger partial charge is 0.257 e. The summed E-state index contributed by atoms with van der Waals surface area (Å²) < 4.78 is 12.8. The predicted molar refractivity (Wildman–Crippen MR) is 150 cm³/mol. The van der Waals surface area contributed by atoms with Crippen LogP contribution in [0.3, 0.4) is 0 Å². The summed E-state index contributed by atoms with van der Waals surface area (Å²) in [6.07, 6.45) is 3.98. The molecule has 1 saturated heterocycles. The number of carbonyl (C=O) groups excluding carboxylic acids is 2. The molecule has 0 radical (unpaired) electrons. The fourth-order valence-electron chi connectivity index (χ4n) is 5.07. The summed E-state index contributed by atoms with van der Waals surface area (Å²) in [5.41, 5.74) is 3.64. The lowest BCUT2D eigenvalue weighted by Crippen LogP contribution is -2.40. The number of likely N-dealkylation sites (tertiary alicyclic amines) is 1. The molecule has 0 bridgehead atoms. The molecule has 2 amide bonds. The van der Waals surface area contributed by atoms with Gasteiger partial charge in [0.15, 0.2) is 5.65 Å². The van der Waals surface area contributed by atoms with Crippen LogP contribution in [0.25, 0.3) is 5.65 Å². The van der Waals surface area contributed by atoms with Crippen molar-refractivity contribution in [3.05, 3.63) is 71.4 Å². The van der Waals surface area contributed by atoms with Gasteiger partial charge in [-0.1, -0.05) is 24.3 Å². The SMILES string of the molecule is COc1ccc(CNc2cc(Nc3cccc4c3OCCC4)nc3c(C(=O)N[C@@H]4CCN(C)C4=O)cnn23)cc1. The molecule has 4 heterocycles. The molecule has 11 nitrogen and oxygen atoms in total. The average Bonchev–Trinajstić information content (AvgIpc) is 3.55. The minimum Gasteiger partial charge on any atom is -0.497 e. The number of fused-ring (bicyclic) bond motifs is 2. The lowest BCUT2D eigenvalue weighted by Gasteiger charge is -2.21. The molecule has 4 aromatic rings. The Balaban J connectivity index is 1.34. The maximum Gasteiger partial charge on any atom is 0.257 e. The Morgan fingerprint density at radius 3 is 2.83 bits per heavy atom. The molecule has 0 spiro atoms. The number of para-hydroxylation sites is 1. The number of nitrogens with one attached hydrogen (secondary N) is 3. The van der Waals surface area contributed by atoms with Crippen molar-refractivity contribution < 1.29 is 19.1 Å². The highest BCUT2D eigenvalue weighted by atomic mass is 16.5. The van der Waals surface area contributed by atoms with Crippen LogP contribution in [0, 0.1) is 0 Å². The van der Waals surface area contributed by atoms with Crippen molar-refractivity contribution >= 4 is 34.8 Å². The molecule has 206 valence electrons. The lowest BCUT2D eigenvalue weighted by atomic mass is 10.1. The molecule has 1 fully saturated rings. The minimum atomic E-state index is -0.561. The molecule has 0 aliphatic carbocycles. The topological polar surface area (TPSA) is 122 Å². The van der Waals surface area contributed by atoms with Crippen LogP contribution in [0.2, 0.25) is 0 Å². The van der Waals surface area contributed by atoms with E-state index >= 15 is 0 Å². The second kappa shape index (κ2) is 10.8. The number of hydrogen-bond acceptors (Lipinski definition) is 8. The van der Waals surface area contributed by atoms with Crippen molar-refractivity contribution in [2.24, 2.45) is 0 Å². The Morgan fingerprint density at radius 1 is 1.20 bits per heavy atom. The van der Waals surface area contributed by atoms with E-state index < -0.39 is 11.9 Å². The van der Waals surface area contributed by atoms with Crippen LogP contribution in [0.4, 0.5) is 17.3 Å². The highest BCUT2D eigenvalue weighted by Crippen LogP contribution is 2.35. The largest absolute Gasteiger partial charge is 0.497 e. The van der Waals surface area contributed by atoms with Crippen molar-refractivity contribution in [2.45, 2.75) is 31.8 Å². The van der Waals surface area contributed by atoms with Crippen molar-refractivity contribution in [1.29, 1.82) is 0 Å². The zero-order valence-corrected chi connectivity index (χ0v) is 22.4. The van der Waals surface area contributed by atoms with E-state index in [0.717, 1.165) is 41.2 Å². The summed E-state index contributed by atoms with van der Waals surface area (Å²) >= 11 is 0. The standard InChI is InChI=1S/C29H31N7O4/c1-35-13-12-23(29(35)38)33-28(37)21-17-31-36-25(30-16-18-8-10-20(39-2)11-9-18)15-24(34-27(21)36)32-22-7-3-5-19-6-4-14-40-26(19)22/h3,5,7-11,15,17,23,30H,4,6,12-14,16H2,1-2H3,(H,32,34)(H,33,37)/t23-/m1/s1. The summed E-state index contributed by atoms with van der Waals surface area (Å²) in [6.45, 7) is 1.78. The number of rotatable bonds is 8. The number of aromatic nitrogens is 3. The quantitative estimate of drug-likeness (QED) is 0.310. The van der Waals surface area contributed by atoms with Crippen LogP contribution in [0.15, 0.2) is 54.7 Å². The third-order valence-corrected chi connectivity index (χ3v) is 7.28. The van der Waals surface area contributed by atoms with Crippen LogP contribution in [0.5, 0.6) is 11.5 Å². The van der Waals surface area contributed by atoms with Gasteiger partial charge >= 0.3 is 0 Å². The number of ether oxygens (including phenoxy) is 2. The summed E-state index contributed by atoms with van der Waals surface area (Å²) in [6, 6.07) is 15.1. The highest BCUT2D eigenvalue weighted by Gasteiger charge is 2.31. The van der Waals surface area contributed by atoms with Gasteiger partial charge in [-0.25, -0.2) is 4.98 Å². The summed E-state index contributed by atoms with van der Waals surface area (Å²) in [4.78, 5) is 32.1. The Hall–Kier alpha value is -4.80. The van der Waals surface area contributed by atoms with Crippen molar-refractivity contribution in [3.63, 3.8) is 0 Å². The number of hydrogen-bond donors (Lipinski definition) is 3. The van der Waals surface area contributed by atoms with Gasteiger partial charge in [-0.15, -0.1) is 0 Å². The molecule has 2 aromatic heterocycles. The molecule has 2 aliphatic rings. The van der Waals surface area contributed by atoms with Gasteiger partial charge in [0, 0.05) is 26.2 Å². The fourth-order valence-corrected chi connectivity index (χ4v) is 5.07. The molecule has 1 atom stereocenters. The van der Waals surface area contributed by atoms with Gasteiger partial charge in [-0.3, -0.25) is 9.59 Å². The summed E-state index contributed by atoms with van der Waals surface area (Å²) in [5.74, 6) is 2.28. The third-order valence-electron chi connectivity index (χ3n) is 7.28. The van der Waals surface area contributed by atoms with Gasteiger partial charge < -0.3 is 30.3 Å². The molecule has 0 unspecified atom stereocenters. The average molecular weight is 542 g/mol. The van der Waals surface area contributed by atoms with Gasteiger partial charge in [0.2, 0.25) is 5.91 Å². The molecule has 3 N–H and O–H groups in total. The van der Waals surface area contributed by atoms with Gasteiger partial charge in [-0.05, 0) is 48.6 Å². The van der Waals surface area contributed by atoms with Crippen molar-refractivity contribution in [2.75, 3.05) is 37.9 Å². The van der Waals surface area contributed by atoms with Crippen molar-refractivity contribution in [1.82, 2.24) is 24.8 Å². The zero-order chi connectivity index (χ0) is 27.6. The lowest BCUT2D eigenvalue weighted by molar-refractivity contribution is -0.128. The number of nitrogens with zero attached hydrogens (tertiary/aromatic N) is 4. The van der Waals surface area contributed by atoms with E-state index in [2.05, 4.69) is 27.1 Å². The Labute approximate surface area is 231 Å². The monoisotopic (exact) mass is 541 g/mol. The maximum absolute atomic E-state index is 13.3. The molecule has 0 saturated carbocycles. The summed E-state index contributed by atoms with van der Waals surface area (Å²) in [5, 5.41) is 14.1. The Morgan fingerprint density at radius 2 is 2.05 bits per heavy atom. The minimum absolute atomic E-state index is 0.101. The van der Waals surface area contributed by atoms with Crippen LogP contribution >= 0.6 is 0 Å². The number of amides is 2. The normalized spacial score (nSPS) is 16.4. The van der Waals surface area contributed by atoms with Gasteiger partial charge in [0.25, 0.3) is 5.91 Å². The number of benzene rings is 2. The van der Waals surface area contributed by atoms with Gasteiger partial charge in [0.05, 0.1) is 25.6 Å². The molecule has 2 aromatic carbocycles.